The largest absolute Gasteiger partial charge is 0.309 e. The Bertz CT molecular complexity index is 380. The first-order valence-electron chi connectivity index (χ1n) is 6.45. The van der Waals surface area contributed by atoms with Gasteiger partial charge >= 0.3 is 0 Å². The van der Waals surface area contributed by atoms with E-state index in [1.54, 1.807) is 12.1 Å². The molecule has 0 aliphatic carbocycles. The van der Waals surface area contributed by atoms with E-state index in [1.165, 1.54) is 17.7 Å². The maximum Gasteiger partial charge on any atom is 0.123 e. The van der Waals surface area contributed by atoms with Crippen LogP contribution in [0.5, 0.6) is 0 Å². The molecule has 1 aliphatic heterocycles. The molecule has 1 aliphatic rings. The van der Waals surface area contributed by atoms with Crippen molar-refractivity contribution in [1.29, 1.82) is 0 Å². The molecular weight excluding hydrogens is 233 g/mol. The van der Waals surface area contributed by atoms with Crippen LogP contribution in [-0.4, -0.2) is 11.8 Å². The molecule has 2 unspecified atom stereocenters. The molecule has 94 valence electrons. The Morgan fingerprint density at radius 3 is 2.82 bits per heavy atom. The molecule has 0 radical (unpaired) electrons. The highest BCUT2D eigenvalue weighted by atomic mass is 32.2. The first-order valence-corrected chi connectivity index (χ1v) is 7.33. The van der Waals surface area contributed by atoms with Crippen molar-refractivity contribution < 1.29 is 4.39 Å². The van der Waals surface area contributed by atoms with Gasteiger partial charge in [-0.05, 0) is 43.1 Å². The summed E-state index contributed by atoms with van der Waals surface area (Å²) in [6.45, 7) is 5.37. The van der Waals surface area contributed by atoms with E-state index in [2.05, 4.69) is 19.2 Å². The fourth-order valence-corrected chi connectivity index (χ4v) is 3.88. The van der Waals surface area contributed by atoms with E-state index >= 15 is 0 Å². The number of rotatable bonds is 5. The summed E-state index contributed by atoms with van der Waals surface area (Å²) in [5.74, 6) is -0.121. The Hall–Kier alpha value is -0.540. The predicted molar refractivity (Wildman–Crippen MR) is 72.0 cm³/mol. The third kappa shape index (κ3) is 2.83. The topological polar surface area (TPSA) is 12.0 Å². The molecule has 1 heterocycles. The fraction of sp³-hybridized carbons (Fsp3) is 0.571. The summed E-state index contributed by atoms with van der Waals surface area (Å²) < 4.78 is 13.3. The van der Waals surface area contributed by atoms with Crippen molar-refractivity contribution in [2.45, 2.75) is 49.3 Å². The summed E-state index contributed by atoms with van der Waals surface area (Å²) >= 11 is 1.90. The first-order chi connectivity index (χ1) is 8.26. The van der Waals surface area contributed by atoms with Crippen molar-refractivity contribution in [3.63, 3.8) is 0 Å². The lowest BCUT2D eigenvalue weighted by molar-refractivity contribution is 0.495. The second-order valence-corrected chi connectivity index (χ2v) is 5.84. The van der Waals surface area contributed by atoms with E-state index in [9.17, 15) is 4.39 Å². The van der Waals surface area contributed by atoms with Gasteiger partial charge in [0.25, 0.3) is 0 Å². The molecule has 1 N–H and O–H groups in total. The summed E-state index contributed by atoms with van der Waals surface area (Å²) in [6.07, 6.45) is 3.48. The lowest BCUT2D eigenvalue weighted by Gasteiger charge is -2.20. The van der Waals surface area contributed by atoms with Crippen molar-refractivity contribution >= 4 is 11.8 Å². The third-order valence-corrected chi connectivity index (χ3v) is 4.58. The highest BCUT2D eigenvalue weighted by Crippen LogP contribution is 2.46. The molecule has 1 aromatic rings. The zero-order valence-corrected chi connectivity index (χ0v) is 11.3. The van der Waals surface area contributed by atoms with Crippen LogP contribution in [0.25, 0.3) is 0 Å². The van der Waals surface area contributed by atoms with Crippen LogP contribution in [0, 0.1) is 5.82 Å². The molecule has 0 spiro atoms. The summed E-state index contributed by atoms with van der Waals surface area (Å²) in [6, 6.07) is 5.51. The number of fused-ring (bicyclic) bond motifs is 1. The van der Waals surface area contributed by atoms with Gasteiger partial charge in [0.05, 0.1) is 0 Å². The zero-order chi connectivity index (χ0) is 12.3. The summed E-state index contributed by atoms with van der Waals surface area (Å²) in [5.41, 5.74) is 1.15. The maximum atomic E-state index is 13.3. The minimum Gasteiger partial charge on any atom is -0.309 e. The van der Waals surface area contributed by atoms with Crippen LogP contribution in [0.1, 0.15) is 44.7 Å². The van der Waals surface area contributed by atoms with Gasteiger partial charge in [-0.15, -0.1) is 11.8 Å². The second kappa shape index (κ2) is 5.87. The van der Waals surface area contributed by atoms with Crippen LogP contribution in [0.15, 0.2) is 23.1 Å². The Balaban J connectivity index is 2.20. The minimum atomic E-state index is -0.121. The molecule has 1 aromatic carbocycles. The second-order valence-electron chi connectivity index (χ2n) is 4.56. The minimum absolute atomic E-state index is 0.121. The van der Waals surface area contributed by atoms with Gasteiger partial charge in [-0.25, -0.2) is 4.39 Å². The molecule has 0 amide bonds. The Labute approximate surface area is 107 Å². The van der Waals surface area contributed by atoms with Gasteiger partial charge in [0.1, 0.15) is 5.82 Å². The molecule has 0 aromatic heterocycles. The van der Waals surface area contributed by atoms with Gasteiger partial charge in [-0.3, -0.25) is 0 Å². The standard InChI is InChI=1S/C14H20FNS/c1-3-5-13-14(16-8-4-2)11-9-10(15)6-7-12(11)17-13/h6-7,9,13-14,16H,3-5,8H2,1-2H3. The number of benzene rings is 1. The molecule has 3 heteroatoms. The molecule has 1 nitrogen and oxygen atoms in total. The average molecular weight is 253 g/mol. The predicted octanol–water partition coefficient (Wildman–Crippen LogP) is 4.14. The normalized spacial score (nSPS) is 22.8. The summed E-state index contributed by atoms with van der Waals surface area (Å²) in [4.78, 5) is 1.25. The Morgan fingerprint density at radius 2 is 2.12 bits per heavy atom. The van der Waals surface area contributed by atoms with Crippen LogP contribution < -0.4 is 5.32 Å². The smallest absolute Gasteiger partial charge is 0.123 e. The third-order valence-electron chi connectivity index (χ3n) is 3.14. The highest BCUT2D eigenvalue weighted by Gasteiger charge is 2.32. The van der Waals surface area contributed by atoms with Gasteiger partial charge in [0.15, 0.2) is 0 Å². The number of halogens is 1. The van der Waals surface area contributed by atoms with Crippen LogP contribution in [0.2, 0.25) is 0 Å². The van der Waals surface area contributed by atoms with Crippen molar-refractivity contribution in [1.82, 2.24) is 5.32 Å². The van der Waals surface area contributed by atoms with Crippen LogP contribution in [0.4, 0.5) is 4.39 Å². The number of thioether (sulfide) groups is 1. The summed E-state index contributed by atoms with van der Waals surface area (Å²) in [7, 11) is 0. The molecule has 0 saturated carbocycles. The molecule has 0 saturated heterocycles. The van der Waals surface area contributed by atoms with Gasteiger partial charge < -0.3 is 5.32 Å². The SMILES string of the molecule is CCCNC1c2cc(F)ccc2SC1CCC. The number of hydrogen-bond acceptors (Lipinski definition) is 2. The number of hydrogen-bond donors (Lipinski definition) is 1. The lowest BCUT2D eigenvalue weighted by atomic mass is 10.0. The summed E-state index contributed by atoms with van der Waals surface area (Å²) in [5, 5.41) is 4.12. The van der Waals surface area contributed by atoms with E-state index in [0.29, 0.717) is 11.3 Å². The molecule has 0 fully saturated rings. The van der Waals surface area contributed by atoms with E-state index in [1.807, 2.05) is 17.8 Å². The van der Waals surface area contributed by atoms with Crippen molar-refractivity contribution in [3.8, 4) is 0 Å². The van der Waals surface area contributed by atoms with Gasteiger partial charge in [0, 0.05) is 16.2 Å². The van der Waals surface area contributed by atoms with Crippen LogP contribution in [-0.2, 0) is 0 Å². The van der Waals surface area contributed by atoms with Crippen molar-refractivity contribution in [2.75, 3.05) is 6.54 Å². The van der Waals surface area contributed by atoms with Crippen LogP contribution >= 0.6 is 11.8 Å². The monoisotopic (exact) mass is 253 g/mol. The lowest BCUT2D eigenvalue weighted by Crippen LogP contribution is -2.27. The highest BCUT2D eigenvalue weighted by molar-refractivity contribution is 8.00. The fourth-order valence-electron chi connectivity index (χ4n) is 2.35. The van der Waals surface area contributed by atoms with E-state index in [-0.39, 0.29) is 5.82 Å². The van der Waals surface area contributed by atoms with Crippen molar-refractivity contribution in [3.05, 3.63) is 29.6 Å². The molecule has 2 atom stereocenters. The van der Waals surface area contributed by atoms with Crippen molar-refractivity contribution in [2.24, 2.45) is 0 Å². The Kier molecular flexibility index (Phi) is 4.46. The zero-order valence-electron chi connectivity index (χ0n) is 10.5. The Morgan fingerprint density at radius 1 is 1.29 bits per heavy atom. The van der Waals surface area contributed by atoms with Gasteiger partial charge in [-0.1, -0.05) is 20.3 Å². The first kappa shape index (κ1) is 12.9. The van der Waals surface area contributed by atoms with Gasteiger partial charge in [0.2, 0.25) is 0 Å². The van der Waals surface area contributed by atoms with Gasteiger partial charge in [-0.2, -0.15) is 0 Å². The number of nitrogens with one attached hydrogen (secondary N) is 1. The van der Waals surface area contributed by atoms with E-state index in [0.717, 1.165) is 18.5 Å². The maximum absolute atomic E-state index is 13.3. The van der Waals surface area contributed by atoms with Crippen LogP contribution in [0.3, 0.4) is 0 Å². The van der Waals surface area contributed by atoms with E-state index < -0.39 is 0 Å². The molecule has 17 heavy (non-hydrogen) atoms. The van der Waals surface area contributed by atoms with E-state index in [4.69, 9.17) is 0 Å². The molecule has 2 rings (SSSR count). The molecule has 0 bridgehead atoms. The quantitative estimate of drug-likeness (QED) is 0.846. The molecular formula is C14H20FNS. The average Bonchev–Trinajstić information content (AvgIpc) is 2.64.